The van der Waals surface area contributed by atoms with Crippen molar-refractivity contribution in [2.75, 3.05) is 29.4 Å². The number of benzene rings is 2. The number of thioether (sulfide) groups is 1. The average molecular weight is 533 g/mol. The Morgan fingerprint density at radius 1 is 1.34 bits per heavy atom. The molecule has 2 aromatic heterocycles. The van der Waals surface area contributed by atoms with E-state index in [0.717, 1.165) is 32.0 Å². The van der Waals surface area contributed by atoms with Crippen LogP contribution >= 0.6 is 39.0 Å². The minimum atomic E-state index is -0.216. The normalized spacial score (nSPS) is 11.2. The van der Waals surface area contributed by atoms with E-state index in [-0.39, 0.29) is 17.6 Å². The van der Waals surface area contributed by atoms with Gasteiger partial charge in [-0.15, -0.1) is 10.2 Å². The molecular weight excluding hydrogens is 516 g/mol. The molecule has 4 aromatic rings. The van der Waals surface area contributed by atoms with Crippen LogP contribution in [-0.4, -0.2) is 44.8 Å². The number of rotatable bonds is 8. The number of anilines is 2. The summed E-state index contributed by atoms with van der Waals surface area (Å²) in [6.45, 7) is 0. The largest absolute Gasteiger partial charge is 0.496 e. The van der Waals surface area contributed by atoms with E-state index in [1.807, 2.05) is 42.5 Å². The SMILES string of the molecule is COc1ccc(Br)cc1/C=N/Nc1nnc(SCC(=O)Nc2nc3ccccc3s2)n1N. The summed E-state index contributed by atoms with van der Waals surface area (Å²) in [5.74, 6) is 6.79. The van der Waals surface area contributed by atoms with Crippen molar-refractivity contribution in [2.24, 2.45) is 5.10 Å². The topological polar surface area (TPSA) is 132 Å². The molecule has 13 heteroatoms. The highest BCUT2D eigenvalue weighted by molar-refractivity contribution is 9.10. The number of nitrogens with zero attached hydrogens (tertiary/aromatic N) is 5. The average Bonchev–Trinajstić information content (AvgIpc) is 3.35. The summed E-state index contributed by atoms with van der Waals surface area (Å²) in [6.07, 6.45) is 1.58. The first kappa shape index (κ1) is 22.0. The number of fused-ring (bicyclic) bond motifs is 1. The fraction of sp³-hybridized carbons (Fsp3) is 0.105. The number of hydrogen-bond donors (Lipinski definition) is 3. The molecule has 4 N–H and O–H groups in total. The number of nitrogens with one attached hydrogen (secondary N) is 2. The van der Waals surface area contributed by atoms with E-state index in [2.05, 4.69) is 47.0 Å². The molecule has 2 aromatic carbocycles. The highest BCUT2D eigenvalue weighted by Gasteiger charge is 2.13. The number of ether oxygens (including phenoxy) is 1. The lowest BCUT2D eigenvalue weighted by Gasteiger charge is -2.05. The van der Waals surface area contributed by atoms with Gasteiger partial charge in [0.25, 0.3) is 5.95 Å². The summed E-state index contributed by atoms with van der Waals surface area (Å²) in [5.41, 5.74) is 4.34. The van der Waals surface area contributed by atoms with E-state index in [1.54, 1.807) is 13.3 Å². The molecule has 0 atom stereocenters. The molecule has 0 aliphatic heterocycles. The van der Waals surface area contributed by atoms with Gasteiger partial charge in [0.1, 0.15) is 5.75 Å². The zero-order valence-corrected chi connectivity index (χ0v) is 19.9. The van der Waals surface area contributed by atoms with E-state index in [0.29, 0.717) is 16.0 Å². The van der Waals surface area contributed by atoms with Crippen LogP contribution < -0.4 is 21.3 Å². The number of carbonyl (C=O) groups excluding carboxylic acids is 1. The lowest BCUT2D eigenvalue weighted by Crippen LogP contribution is -2.16. The summed E-state index contributed by atoms with van der Waals surface area (Å²) in [5, 5.41) is 15.8. The van der Waals surface area contributed by atoms with Crippen molar-refractivity contribution in [1.29, 1.82) is 0 Å². The van der Waals surface area contributed by atoms with E-state index >= 15 is 0 Å². The van der Waals surface area contributed by atoms with E-state index in [1.165, 1.54) is 16.0 Å². The molecule has 32 heavy (non-hydrogen) atoms. The number of hydrazone groups is 1. The maximum Gasteiger partial charge on any atom is 0.264 e. The maximum absolute atomic E-state index is 12.3. The Labute approximate surface area is 199 Å². The van der Waals surface area contributed by atoms with Crippen molar-refractivity contribution in [2.45, 2.75) is 5.16 Å². The van der Waals surface area contributed by atoms with Crippen molar-refractivity contribution in [1.82, 2.24) is 19.9 Å². The fourth-order valence-electron chi connectivity index (χ4n) is 2.63. The van der Waals surface area contributed by atoms with Crippen LogP contribution in [0.4, 0.5) is 11.1 Å². The standard InChI is InChI=1S/C19H17BrN8O2S2/c1-30-14-7-6-12(20)8-11(14)9-22-25-17-26-27-19(28(17)21)31-10-16(29)24-18-23-13-4-2-3-5-15(13)32-18/h2-9H,10,21H2,1H3,(H,25,26)(H,23,24,29)/b22-9+. The molecular formula is C19H17BrN8O2S2. The highest BCUT2D eigenvalue weighted by Crippen LogP contribution is 2.26. The Morgan fingerprint density at radius 3 is 3.00 bits per heavy atom. The van der Waals surface area contributed by atoms with Crippen LogP contribution in [0.15, 0.2) is 57.2 Å². The molecule has 0 bridgehead atoms. The van der Waals surface area contributed by atoms with Crippen LogP contribution in [-0.2, 0) is 4.79 Å². The lowest BCUT2D eigenvalue weighted by molar-refractivity contribution is -0.113. The number of hydrogen-bond acceptors (Lipinski definition) is 10. The van der Waals surface area contributed by atoms with Crippen LogP contribution in [0.1, 0.15) is 5.56 Å². The van der Waals surface area contributed by atoms with Gasteiger partial charge < -0.3 is 15.9 Å². The van der Waals surface area contributed by atoms with Crippen molar-refractivity contribution < 1.29 is 9.53 Å². The molecule has 2 heterocycles. The minimum absolute atomic E-state index is 0.101. The third-order valence-corrected chi connectivity index (χ3v) is 6.49. The number of nitrogen functional groups attached to an aromatic ring is 1. The lowest BCUT2D eigenvalue weighted by atomic mass is 10.2. The first-order valence-electron chi connectivity index (χ1n) is 9.15. The molecule has 1 amide bonds. The van der Waals surface area contributed by atoms with Gasteiger partial charge in [-0.2, -0.15) is 5.10 Å². The Hall–Kier alpha value is -3.16. The molecule has 0 radical (unpaired) electrons. The van der Waals surface area contributed by atoms with Gasteiger partial charge in [-0.1, -0.05) is 51.2 Å². The highest BCUT2D eigenvalue weighted by atomic mass is 79.9. The zero-order chi connectivity index (χ0) is 22.5. The number of aromatic nitrogens is 4. The molecule has 0 aliphatic rings. The summed E-state index contributed by atoms with van der Waals surface area (Å²) >= 11 is 5.98. The second-order valence-electron chi connectivity index (χ2n) is 6.26. The van der Waals surface area contributed by atoms with Gasteiger partial charge in [-0.3, -0.25) is 4.79 Å². The smallest absolute Gasteiger partial charge is 0.264 e. The molecule has 0 fully saturated rings. The summed E-state index contributed by atoms with van der Waals surface area (Å²) < 4.78 is 8.43. The van der Waals surface area contributed by atoms with E-state index in [9.17, 15) is 4.79 Å². The van der Waals surface area contributed by atoms with Crippen molar-refractivity contribution in [3.05, 3.63) is 52.5 Å². The number of thiazole rings is 1. The summed E-state index contributed by atoms with van der Waals surface area (Å²) in [6, 6.07) is 13.3. The van der Waals surface area contributed by atoms with Crippen LogP contribution in [0.3, 0.4) is 0 Å². The molecule has 4 rings (SSSR count). The van der Waals surface area contributed by atoms with Gasteiger partial charge in [-0.25, -0.2) is 15.1 Å². The number of amides is 1. The second kappa shape index (κ2) is 9.97. The number of nitrogens with two attached hydrogens (primary N) is 1. The summed E-state index contributed by atoms with van der Waals surface area (Å²) in [7, 11) is 1.58. The van der Waals surface area contributed by atoms with Crippen LogP contribution in [0.25, 0.3) is 10.2 Å². The fourth-order valence-corrected chi connectivity index (χ4v) is 4.55. The summed E-state index contributed by atoms with van der Waals surface area (Å²) in [4.78, 5) is 16.7. The van der Waals surface area contributed by atoms with Crippen LogP contribution in [0, 0.1) is 0 Å². The molecule has 0 unspecified atom stereocenters. The first-order chi connectivity index (χ1) is 15.5. The molecule has 10 nitrogen and oxygen atoms in total. The van der Waals surface area contributed by atoms with Gasteiger partial charge >= 0.3 is 0 Å². The Kier molecular flexibility index (Phi) is 6.87. The van der Waals surface area contributed by atoms with Gasteiger partial charge in [-0.05, 0) is 30.3 Å². The Morgan fingerprint density at radius 2 is 2.19 bits per heavy atom. The molecule has 0 aliphatic carbocycles. The molecule has 0 saturated heterocycles. The first-order valence-corrected chi connectivity index (χ1v) is 11.7. The second-order valence-corrected chi connectivity index (χ2v) is 9.14. The molecule has 0 spiro atoms. The van der Waals surface area contributed by atoms with Crippen molar-refractivity contribution in [3.63, 3.8) is 0 Å². The maximum atomic E-state index is 12.3. The Bertz CT molecular complexity index is 1260. The van der Waals surface area contributed by atoms with Gasteiger partial charge in [0.2, 0.25) is 11.1 Å². The van der Waals surface area contributed by atoms with Gasteiger partial charge in [0.05, 0.1) is 29.3 Å². The van der Waals surface area contributed by atoms with E-state index < -0.39 is 0 Å². The van der Waals surface area contributed by atoms with Crippen LogP contribution in [0.5, 0.6) is 5.75 Å². The number of halogens is 1. The van der Waals surface area contributed by atoms with Gasteiger partial charge in [0, 0.05) is 10.0 Å². The molecule has 0 saturated carbocycles. The quantitative estimate of drug-likeness (QED) is 0.136. The number of methoxy groups -OCH3 is 1. The van der Waals surface area contributed by atoms with E-state index in [4.69, 9.17) is 10.6 Å². The van der Waals surface area contributed by atoms with Crippen LogP contribution in [0.2, 0.25) is 0 Å². The predicted molar refractivity (Wildman–Crippen MR) is 131 cm³/mol. The minimum Gasteiger partial charge on any atom is -0.496 e. The predicted octanol–water partition coefficient (Wildman–Crippen LogP) is 3.55. The third-order valence-electron chi connectivity index (χ3n) is 4.10. The zero-order valence-electron chi connectivity index (χ0n) is 16.7. The molecule has 164 valence electrons. The van der Waals surface area contributed by atoms with Gasteiger partial charge in [0.15, 0.2) is 5.13 Å². The number of para-hydroxylation sites is 1. The third kappa shape index (κ3) is 5.18. The van der Waals surface area contributed by atoms with Crippen molar-refractivity contribution >= 4 is 72.4 Å². The Balaban J connectivity index is 1.33. The monoisotopic (exact) mass is 532 g/mol. The number of carbonyl (C=O) groups is 1. The van der Waals surface area contributed by atoms with Crippen molar-refractivity contribution in [3.8, 4) is 5.75 Å².